The van der Waals surface area contributed by atoms with Crippen LogP contribution in [0.5, 0.6) is 0 Å². The van der Waals surface area contributed by atoms with Crippen LogP contribution < -0.4 is 5.11 Å². The van der Waals surface area contributed by atoms with Crippen LogP contribution in [0.1, 0.15) is 213 Å². The molecule has 0 saturated heterocycles. The number of aliphatic carboxylic acids is 1. The van der Waals surface area contributed by atoms with Gasteiger partial charge in [-0.1, -0.05) is 215 Å². The number of unbranched alkanes of at least 4 members (excludes halogenated alkanes) is 20. The fourth-order valence-electron chi connectivity index (χ4n) is 7.39. The van der Waals surface area contributed by atoms with E-state index in [0.717, 1.165) is 57.8 Å². The number of esters is 2. The number of carbonyl (C=O) groups is 3. The first-order valence-corrected chi connectivity index (χ1v) is 26.0. The lowest BCUT2D eigenvalue weighted by Crippen LogP contribution is -2.55. The Kier molecular flexibility index (Phi) is 44.0. The number of carbonyl (C=O) groups excluding carboxylic acids is 3. The van der Waals surface area contributed by atoms with Gasteiger partial charge in [-0.2, -0.15) is 0 Å². The van der Waals surface area contributed by atoms with Crippen molar-refractivity contribution in [1.29, 1.82) is 0 Å². The van der Waals surface area contributed by atoms with E-state index in [0.29, 0.717) is 12.8 Å². The van der Waals surface area contributed by atoms with Gasteiger partial charge in [0.25, 0.3) is 0 Å². The highest BCUT2D eigenvalue weighted by atomic mass is 16.6. The van der Waals surface area contributed by atoms with Crippen molar-refractivity contribution in [3.8, 4) is 0 Å². The Morgan fingerprint density at radius 1 is 0.484 bits per heavy atom. The van der Waals surface area contributed by atoms with E-state index in [4.69, 9.17) is 14.2 Å². The lowest BCUT2D eigenvalue weighted by molar-refractivity contribution is -0.889. The van der Waals surface area contributed by atoms with Gasteiger partial charge in [-0.3, -0.25) is 9.59 Å². The van der Waals surface area contributed by atoms with Gasteiger partial charge < -0.3 is 28.6 Å². The molecular weight excluding hydrogens is 799 g/mol. The number of likely N-dealkylation sites (N-methyl/N-ethyl adjacent to an activating group) is 1. The van der Waals surface area contributed by atoms with Crippen molar-refractivity contribution in [2.45, 2.75) is 225 Å². The van der Waals surface area contributed by atoms with E-state index >= 15 is 0 Å². The van der Waals surface area contributed by atoms with Gasteiger partial charge in [0.2, 0.25) is 0 Å². The molecule has 0 bridgehead atoms. The molecule has 64 heavy (non-hydrogen) atoms. The number of carboxylic acids is 1. The third kappa shape index (κ3) is 44.0. The fraction of sp³-hybridized carbons (Fsp3) is 0.732. The lowest BCUT2D eigenvalue weighted by Gasteiger charge is -2.34. The third-order valence-electron chi connectivity index (χ3n) is 11.4. The molecule has 8 heteroatoms. The number of carboxylic acid groups (broad SMARTS) is 1. The van der Waals surface area contributed by atoms with E-state index in [1.165, 1.54) is 116 Å². The number of hydrogen-bond donors (Lipinski definition) is 0. The van der Waals surface area contributed by atoms with Crippen LogP contribution in [-0.2, 0) is 28.6 Å². The van der Waals surface area contributed by atoms with E-state index in [1.54, 1.807) is 21.1 Å². The number of rotatable bonds is 46. The molecule has 0 amide bonds. The summed E-state index contributed by atoms with van der Waals surface area (Å²) in [6.07, 6.45) is 59.6. The highest BCUT2D eigenvalue weighted by molar-refractivity contribution is 5.70. The first-order valence-electron chi connectivity index (χ1n) is 26.0. The van der Waals surface area contributed by atoms with E-state index in [1.807, 2.05) is 12.2 Å². The van der Waals surface area contributed by atoms with E-state index in [9.17, 15) is 19.5 Å². The summed E-state index contributed by atoms with van der Waals surface area (Å²) in [6.45, 7) is 4.49. The third-order valence-corrected chi connectivity index (χ3v) is 11.4. The normalized spacial score (nSPS) is 13.5. The number of ether oxygens (including phenoxy) is 3. The number of nitrogens with zero attached hydrogens (tertiary/aromatic N) is 1. The molecule has 0 saturated carbocycles. The second-order valence-electron chi connectivity index (χ2n) is 18.4. The molecule has 0 aromatic rings. The summed E-state index contributed by atoms with van der Waals surface area (Å²) in [7, 11) is 5.39. The van der Waals surface area contributed by atoms with Gasteiger partial charge in [0.15, 0.2) is 6.10 Å². The predicted octanol–water partition coefficient (Wildman–Crippen LogP) is 13.8. The largest absolute Gasteiger partial charge is 0.544 e. The zero-order valence-electron chi connectivity index (χ0n) is 41.9. The maximum absolute atomic E-state index is 12.7. The minimum absolute atomic E-state index is 0.00913. The summed E-state index contributed by atoms with van der Waals surface area (Å²) < 4.78 is 17.2. The van der Waals surface area contributed by atoms with Crippen molar-refractivity contribution >= 4 is 17.9 Å². The maximum atomic E-state index is 12.7. The van der Waals surface area contributed by atoms with Gasteiger partial charge in [0.1, 0.15) is 12.6 Å². The zero-order chi connectivity index (χ0) is 47.0. The minimum Gasteiger partial charge on any atom is -0.544 e. The number of quaternary nitrogens is 1. The topological polar surface area (TPSA) is 102 Å². The van der Waals surface area contributed by atoms with Crippen molar-refractivity contribution in [1.82, 2.24) is 0 Å². The summed E-state index contributed by atoms with van der Waals surface area (Å²) in [5.41, 5.74) is 0. The molecule has 0 heterocycles. The van der Waals surface area contributed by atoms with Gasteiger partial charge >= 0.3 is 11.9 Å². The number of allylic oxidation sites excluding steroid dienone is 12. The Bertz CT molecular complexity index is 1270. The average Bonchev–Trinajstić information content (AvgIpc) is 3.26. The summed E-state index contributed by atoms with van der Waals surface area (Å²) >= 11 is 0. The molecule has 0 fully saturated rings. The van der Waals surface area contributed by atoms with Gasteiger partial charge in [-0.25, -0.2) is 0 Å². The maximum Gasteiger partial charge on any atom is 0.306 e. The van der Waals surface area contributed by atoms with Crippen LogP contribution >= 0.6 is 0 Å². The summed E-state index contributed by atoms with van der Waals surface area (Å²) in [5, 5.41) is 11.7. The predicted molar refractivity (Wildman–Crippen MR) is 268 cm³/mol. The van der Waals surface area contributed by atoms with Crippen LogP contribution in [0.3, 0.4) is 0 Å². The molecule has 0 aliphatic heterocycles. The molecule has 0 radical (unpaired) electrons. The highest BCUT2D eigenvalue weighted by Crippen LogP contribution is 2.16. The van der Waals surface area contributed by atoms with Crippen LogP contribution in [-0.4, -0.2) is 75.5 Å². The minimum atomic E-state index is -1.14. The smallest absolute Gasteiger partial charge is 0.306 e. The van der Waals surface area contributed by atoms with Crippen molar-refractivity contribution in [3.05, 3.63) is 72.9 Å². The van der Waals surface area contributed by atoms with Crippen LogP contribution in [0.15, 0.2) is 72.9 Å². The quantitative estimate of drug-likeness (QED) is 0.0259. The summed E-state index contributed by atoms with van der Waals surface area (Å²) in [6, 6.07) is -0.742. The van der Waals surface area contributed by atoms with Crippen LogP contribution in [0.2, 0.25) is 0 Å². The van der Waals surface area contributed by atoms with Crippen molar-refractivity contribution < 1.29 is 38.2 Å². The number of hydrogen-bond acceptors (Lipinski definition) is 7. The molecular formula is C56H97NO7. The lowest BCUT2D eigenvalue weighted by atomic mass is 10.0. The first-order chi connectivity index (χ1) is 31.1. The van der Waals surface area contributed by atoms with Gasteiger partial charge in [0.05, 0.1) is 40.3 Å². The molecule has 0 rings (SSSR count). The monoisotopic (exact) mass is 896 g/mol. The standard InChI is InChI=1S/C56H97NO7/c1-6-8-10-12-14-16-18-20-22-24-26-27-29-30-32-34-36-38-40-42-44-46-54(58)63-51-52(50-62-49-48-53(56(60)61)57(3,4)5)64-55(59)47-45-43-41-39-37-35-33-31-28-25-23-21-19-17-15-13-11-9-7-2/h9,11,15,17,21,23,28,31,35,37,41,43,52-53H,6-8,10,12-14,16,18-20,22,24-27,29-30,32-34,36,38-40,42,44-51H2,1-5H3/b11-9+,17-15+,23-21+,31-28+,37-35+,43-41+. The Morgan fingerprint density at radius 3 is 1.27 bits per heavy atom. The van der Waals surface area contributed by atoms with Crippen LogP contribution in [0.4, 0.5) is 0 Å². The molecule has 8 nitrogen and oxygen atoms in total. The summed E-state index contributed by atoms with van der Waals surface area (Å²) in [4.78, 5) is 37.0. The van der Waals surface area contributed by atoms with E-state index in [2.05, 4.69) is 74.6 Å². The van der Waals surface area contributed by atoms with E-state index in [-0.39, 0.29) is 43.1 Å². The van der Waals surface area contributed by atoms with Crippen molar-refractivity contribution in [3.63, 3.8) is 0 Å². The molecule has 0 spiro atoms. The molecule has 2 atom stereocenters. The molecule has 368 valence electrons. The van der Waals surface area contributed by atoms with Crippen molar-refractivity contribution in [2.75, 3.05) is 41.0 Å². The average molecular weight is 896 g/mol. The first kappa shape index (κ1) is 60.8. The molecule has 2 unspecified atom stereocenters. The zero-order valence-corrected chi connectivity index (χ0v) is 41.9. The van der Waals surface area contributed by atoms with Crippen LogP contribution in [0.25, 0.3) is 0 Å². The fourth-order valence-corrected chi connectivity index (χ4v) is 7.39. The SMILES string of the molecule is CC/C=C/C/C=C/C/C=C/C/C=C/C/C=C/C/C=C/CCC(=O)OC(COCCC(C(=O)[O-])[N+](C)(C)C)COC(=O)CCCCCCCCCCCCCCCCCCCCCCC. The van der Waals surface area contributed by atoms with Gasteiger partial charge in [0, 0.05) is 19.3 Å². The highest BCUT2D eigenvalue weighted by Gasteiger charge is 2.25. The molecule has 0 aromatic carbocycles. The second kappa shape index (κ2) is 46.3. The van der Waals surface area contributed by atoms with Gasteiger partial charge in [-0.15, -0.1) is 0 Å². The molecule has 0 aliphatic carbocycles. The summed E-state index contributed by atoms with van der Waals surface area (Å²) in [5.74, 6) is -1.84. The van der Waals surface area contributed by atoms with Gasteiger partial charge in [-0.05, 0) is 51.4 Å². The molecule has 0 N–H and O–H groups in total. The Hall–Kier alpha value is -3.23. The van der Waals surface area contributed by atoms with Crippen molar-refractivity contribution in [2.24, 2.45) is 0 Å². The molecule has 0 aromatic heterocycles. The Morgan fingerprint density at radius 2 is 0.875 bits per heavy atom. The van der Waals surface area contributed by atoms with Crippen LogP contribution in [0, 0.1) is 0 Å². The Labute approximate surface area is 393 Å². The Balaban J connectivity index is 4.32. The van der Waals surface area contributed by atoms with E-state index < -0.39 is 24.1 Å². The molecule has 0 aliphatic rings. The second-order valence-corrected chi connectivity index (χ2v) is 18.4.